The third-order valence-corrected chi connectivity index (χ3v) is 18.9. The second-order valence-corrected chi connectivity index (χ2v) is 27.7. The van der Waals surface area contributed by atoms with Crippen LogP contribution in [0.25, 0.3) is 0 Å². The predicted octanol–water partition coefficient (Wildman–Crippen LogP) is 26.6. The van der Waals surface area contributed by atoms with Crippen LogP contribution in [0.1, 0.15) is 450 Å². The molecule has 6 heteroatoms. The third-order valence-electron chi connectivity index (χ3n) is 18.9. The zero-order valence-corrected chi connectivity index (χ0v) is 59.7. The van der Waals surface area contributed by atoms with Crippen LogP contribution in [0.3, 0.4) is 0 Å². The average molecular weight is 1240 g/mol. The van der Waals surface area contributed by atoms with Crippen molar-refractivity contribution >= 4 is 11.9 Å². The molecular formula is C82H157NO5. The van der Waals surface area contributed by atoms with E-state index in [0.717, 1.165) is 51.4 Å². The molecule has 2 atom stereocenters. The van der Waals surface area contributed by atoms with Gasteiger partial charge in [-0.1, -0.05) is 391 Å². The van der Waals surface area contributed by atoms with Crippen molar-refractivity contribution in [3.05, 3.63) is 36.5 Å². The molecule has 0 aromatic carbocycles. The predicted molar refractivity (Wildman–Crippen MR) is 389 cm³/mol. The summed E-state index contributed by atoms with van der Waals surface area (Å²) in [5, 5.41) is 23.4. The highest BCUT2D eigenvalue weighted by atomic mass is 16.5. The largest absolute Gasteiger partial charge is 0.466 e. The van der Waals surface area contributed by atoms with Crippen LogP contribution in [0.4, 0.5) is 0 Å². The smallest absolute Gasteiger partial charge is 0.305 e. The van der Waals surface area contributed by atoms with E-state index >= 15 is 0 Å². The quantitative estimate of drug-likeness (QED) is 0.0320. The lowest BCUT2D eigenvalue weighted by atomic mass is 10.0. The number of hydrogen-bond donors (Lipinski definition) is 3. The zero-order valence-electron chi connectivity index (χ0n) is 59.7. The summed E-state index contributed by atoms with van der Waals surface area (Å²) in [6.07, 6.45) is 101. The summed E-state index contributed by atoms with van der Waals surface area (Å²) in [5.41, 5.74) is 0. The topological polar surface area (TPSA) is 95.9 Å². The molecule has 0 heterocycles. The van der Waals surface area contributed by atoms with E-state index in [0.29, 0.717) is 25.9 Å². The Morgan fingerprint density at radius 2 is 0.568 bits per heavy atom. The molecule has 0 spiro atoms. The molecule has 0 radical (unpaired) electrons. The Bertz CT molecular complexity index is 1430. The molecule has 0 rings (SSSR count). The molecule has 0 aliphatic carbocycles. The molecule has 0 aliphatic heterocycles. The number of carbonyl (C=O) groups excluding carboxylic acids is 2. The highest BCUT2D eigenvalue weighted by molar-refractivity contribution is 5.76. The minimum Gasteiger partial charge on any atom is -0.466 e. The molecule has 0 aromatic heterocycles. The van der Waals surface area contributed by atoms with Gasteiger partial charge in [0.05, 0.1) is 25.4 Å². The van der Waals surface area contributed by atoms with Gasteiger partial charge in [-0.15, -0.1) is 0 Å². The summed E-state index contributed by atoms with van der Waals surface area (Å²) in [5.74, 6) is -0.0173. The van der Waals surface area contributed by atoms with Gasteiger partial charge in [0, 0.05) is 12.8 Å². The SMILES string of the molecule is CCCCCC/C=C\C/C=C\CCCCCCCC(=O)OCCCCCCCCCCCCCCCCCCCC/C=C\CCCCCCCCCCCCCCCCCCCC(=O)NC(CO)C(O)CCCCCCCCCCCCCCCCCC. The number of allylic oxidation sites excluding steroid dienone is 6. The molecule has 1 amide bonds. The molecule has 0 saturated heterocycles. The summed E-state index contributed by atoms with van der Waals surface area (Å²) in [4.78, 5) is 24.6. The van der Waals surface area contributed by atoms with Crippen LogP contribution in [0.5, 0.6) is 0 Å². The van der Waals surface area contributed by atoms with Gasteiger partial charge >= 0.3 is 5.97 Å². The number of rotatable bonds is 76. The van der Waals surface area contributed by atoms with E-state index in [2.05, 4.69) is 55.6 Å². The maximum Gasteiger partial charge on any atom is 0.305 e. The Kier molecular flexibility index (Phi) is 75.8. The fraction of sp³-hybridized carbons (Fsp3) is 0.902. The fourth-order valence-electron chi connectivity index (χ4n) is 12.8. The van der Waals surface area contributed by atoms with Gasteiger partial charge in [-0.05, 0) is 83.5 Å². The third kappa shape index (κ3) is 73.1. The second kappa shape index (κ2) is 77.5. The number of unbranched alkanes of at least 4 members (excludes halogenated alkanes) is 59. The van der Waals surface area contributed by atoms with Crippen LogP contribution in [0.15, 0.2) is 36.5 Å². The van der Waals surface area contributed by atoms with Crippen molar-refractivity contribution in [2.75, 3.05) is 13.2 Å². The van der Waals surface area contributed by atoms with Crippen LogP contribution in [0, 0.1) is 0 Å². The first-order valence-corrected chi connectivity index (χ1v) is 40.2. The maximum atomic E-state index is 12.5. The summed E-state index contributed by atoms with van der Waals surface area (Å²) in [6, 6.07) is -0.538. The molecule has 3 N–H and O–H groups in total. The van der Waals surface area contributed by atoms with Gasteiger partial charge in [0.1, 0.15) is 0 Å². The van der Waals surface area contributed by atoms with Gasteiger partial charge in [-0.3, -0.25) is 9.59 Å². The minimum atomic E-state index is -0.661. The number of ether oxygens (including phenoxy) is 1. The molecule has 0 fully saturated rings. The fourth-order valence-corrected chi connectivity index (χ4v) is 12.8. The number of amides is 1. The van der Waals surface area contributed by atoms with Crippen molar-refractivity contribution in [3.8, 4) is 0 Å². The zero-order chi connectivity index (χ0) is 63.5. The Morgan fingerprint density at radius 1 is 0.318 bits per heavy atom. The number of hydrogen-bond acceptors (Lipinski definition) is 5. The molecule has 0 bridgehead atoms. The normalized spacial score (nSPS) is 12.6. The highest BCUT2D eigenvalue weighted by Gasteiger charge is 2.20. The summed E-state index contributed by atoms with van der Waals surface area (Å²) in [7, 11) is 0. The standard InChI is InChI=1S/C82H157NO5/c1-3-5-7-9-11-13-15-17-19-46-50-54-58-62-66-70-74-80(85)79(78-84)83-81(86)75-71-67-63-59-55-51-47-44-42-40-38-36-34-32-30-28-26-24-22-21-23-25-27-29-31-33-35-37-39-41-43-45-49-53-57-61-65-69-73-77-88-82(87)76-72-68-64-60-56-52-48-20-18-16-14-12-10-8-6-4-2/h14,16,20-22,48,79-80,84-85H,3-13,15,17-19,23-47,49-78H2,1-2H3,(H,83,86)/b16-14-,22-21-,48-20-. The van der Waals surface area contributed by atoms with E-state index < -0.39 is 12.1 Å². The van der Waals surface area contributed by atoms with Gasteiger partial charge in [-0.2, -0.15) is 0 Å². The van der Waals surface area contributed by atoms with Gasteiger partial charge in [0.15, 0.2) is 0 Å². The van der Waals surface area contributed by atoms with E-state index in [1.807, 2.05) is 0 Å². The monoisotopic (exact) mass is 1240 g/mol. The van der Waals surface area contributed by atoms with Crippen molar-refractivity contribution in [1.82, 2.24) is 5.32 Å². The van der Waals surface area contributed by atoms with Gasteiger partial charge in [-0.25, -0.2) is 0 Å². The minimum absolute atomic E-state index is 0.00956. The van der Waals surface area contributed by atoms with Crippen LogP contribution < -0.4 is 5.32 Å². The van der Waals surface area contributed by atoms with Crippen molar-refractivity contribution < 1.29 is 24.5 Å². The number of nitrogens with one attached hydrogen (secondary N) is 1. The lowest BCUT2D eigenvalue weighted by molar-refractivity contribution is -0.143. The molecule has 6 nitrogen and oxygen atoms in total. The Labute approximate surface area is 551 Å². The Hall–Kier alpha value is -1.92. The van der Waals surface area contributed by atoms with Crippen molar-refractivity contribution in [2.24, 2.45) is 0 Å². The van der Waals surface area contributed by atoms with E-state index in [4.69, 9.17) is 4.74 Å². The molecule has 2 unspecified atom stereocenters. The van der Waals surface area contributed by atoms with Gasteiger partial charge in [0.25, 0.3) is 0 Å². The van der Waals surface area contributed by atoms with Gasteiger partial charge in [0.2, 0.25) is 5.91 Å². The van der Waals surface area contributed by atoms with Crippen LogP contribution in [-0.2, 0) is 14.3 Å². The molecule has 0 aromatic rings. The van der Waals surface area contributed by atoms with Crippen LogP contribution >= 0.6 is 0 Å². The first kappa shape index (κ1) is 86.1. The van der Waals surface area contributed by atoms with Crippen LogP contribution in [-0.4, -0.2) is 47.4 Å². The lowest BCUT2D eigenvalue weighted by Crippen LogP contribution is -2.45. The summed E-state index contributed by atoms with van der Waals surface area (Å²) < 4.78 is 5.50. The number of esters is 1. The van der Waals surface area contributed by atoms with Crippen molar-refractivity contribution in [3.63, 3.8) is 0 Å². The highest BCUT2D eigenvalue weighted by Crippen LogP contribution is 2.20. The van der Waals surface area contributed by atoms with E-state index in [-0.39, 0.29) is 18.5 Å². The number of carbonyl (C=O) groups is 2. The Morgan fingerprint density at radius 3 is 0.886 bits per heavy atom. The van der Waals surface area contributed by atoms with Crippen LogP contribution in [0.2, 0.25) is 0 Å². The average Bonchev–Trinajstić information content (AvgIpc) is 3.58. The first-order chi connectivity index (χ1) is 43.5. The molecule has 0 saturated carbocycles. The summed E-state index contributed by atoms with van der Waals surface area (Å²) in [6.45, 7) is 4.97. The van der Waals surface area contributed by atoms with Crippen molar-refractivity contribution in [2.45, 2.75) is 463 Å². The van der Waals surface area contributed by atoms with E-state index in [9.17, 15) is 19.8 Å². The van der Waals surface area contributed by atoms with E-state index in [1.165, 1.54) is 366 Å². The number of aliphatic hydroxyl groups excluding tert-OH is 2. The maximum absolute atomic E-state index is 12.5. The number of aliphatic hydroxyl groups is 2. The second-order valence-electron chi connectivity index (χ2n) is 27.7. The molecule has 520 valence electrons. The Balaban J connectivity index is 3.32. The summed E-state index contributed by atoms with van der Waals surface area (Å²) >= 11 is 0. The van der Waals surface area contributed by atoms with E-state index in [1.54, 1.807) is 0 Å². The molecular weight excluding hydrogens is 1080 g/mol. The van der Waals surface area contributed by atoms with Gasteiger partial charge < -0.3 is 20.3 Å². The molecule has 0 aliphatic rings. The van der Waals surface area contributed by atoms with Crippen molar-refractivity contribution in [1.29, 1.82) is 0 Å². The lowest BCUT2D eigenvalue weighted by Gasteiger charge is -2.22. The first-order valence-electron chi connectivity index (χ1n) is 40.2. The molecule has 88 heavy (non-hydrogen) atoms.